The standard InChI is InChI=1S/C18H16FNO5/c1-24-11-7-8-17(25-2)12(9-11)15(21)10-16(22)18(23)20-14-6-4-3-5-13(14)19/h3-10,21H,1-2H3,(H,20,23)/b15-10-. The predicted octanol–water partition coefficient (Wildman–Crippen LogP) is 2.95. The third-order valence-corrected chi connectivity index (χ3v) is 3.30. The molecule has 6 nitrogen and oxygen atoms in total. The molecule has 130 valence electrons. The summed E-state index contributed by atoms with van der Waals surface area (Å²) in [4.78, 5) is 23.8. The Hall–Kier alpha value is -3.35. The Morgan fingerprint density at radius 1 is 1.12 bits per heavy atom. The van der Waals surface area contributed by atoms with E-state index in [-0.39, 0.29) is 17.0 Å². The fourth-order valence-corrected chi connectivity index (χ4v) is 2.03. The number of nitrogens with one attached hydrogen (secondary N) is 1. The molecule has 0 aliphatic carbocycles. The zero-order chi connectivity index (χ0) is 18.4. The van der Waals surface area contributed by atoms with Gasteiger partial charge in [-0.2, -0.15) is 0 Å². The molecule has 0 heterocycles. The van der Waals surface area contributed by atoms with Crippen molar-refractivity contribution in [3.05, 3.63) is 59.9 Å². The molecule has 25 heavy (non-hydrogen) atoms. The second-order valence-electron chi connectivity index (χ2n) is 4.89. The molecule has 0 saturated heterocycles. The first-order chi connectivity index (χ1) is 12.0. The van der Waals surface area contributed by atoms with E-state index in [1.807, 2.05) is 0 Å². The lowest BCUT2D eigenvalue weighted by molar-refractivity contribution is -0.132. The van der Waals surface area contributed by atoms with Crippen LogP contribution in [-0.4, -0.2) is 31.0 Å². The van der Waals surface area contributed by atoms with Crippen molar-refractivity contribution in [3.8, 4) is 11.5 Å². The van der Waals surface area contributed by atoms with Crippen molar-refractivity contribution in [3.63, 3.8) is 0 Å². The Morgan fingerprint density at radius 3 is 2.48 bits per heavy atom. The number of anilines is 1. The van der Waals surface area contributed by atoms with E-state index in [0.717, 1.165) is 12.1 Å². The number of ketones is 1. The average Bonchev–Trinajstić information content (AvgIpc) is 2.62. The van der Waals surface area contributed by atoms with Gasteiger partial charge in [-0.3, -0.25) is 9.59 Å². The number of para-hydroxylation sites is 1. The van der Waals surface area contributed by atoms with Crippen LogP contribution in [0.15, 0.2) is 48.5 Å². The second kappa shape index (κ2) is 7.96. The maximum Gasteiger partial charge on any atom is 0.296 e. The van der Waals surface area contributed by atoms with Gasteiger partial charge >= 0.3 is 0 Å². The topological polar surface area (TPSA) is 84.9 Å². The molecule has 0 aromatic heterocycles. The van der Waals surface area contributed by atoms with Gasteiger partial charge < -0.3 is 19.9 Å². The molecule has 2 aromatic rings. The third-order valence-electron chi connectivity index (χ3n) is 3.30. The number of aliphatic hydroxyl groups is 1. The number of benzene rings is 2. The van der Waals surface area contributed by atoms with Crippen LogP contribution < -0.4 is 14.8 Å². The molecule has 0 spiro atoms. The van der Waals surface area contributed by atoms with E-state index in [0.29, 0.717) is 5.75 Å². The zero-order valence-electron chi connectivity index (χ0n) is 13.6. The molecule has 0 atom stereocenters. The van der Waals surface area contributed by atoms with Gasteiger partial charge in [-0.25, -0.2) is 4.39 Å². The summed E-state index contributed by atoms with van der Waals surface area (Å²) in [6.07, 6.45) is 0.730. The van der Waals surface area contributed by atoms with Crippen molar-refractivity contribution in [1.82, 2.24) is 0 Å². The van der Waals surface area contributed by atoms with E-state index in [4.69, 9.17) is 9.47 Å². The molecule has 1 amide bonds. The number of ether oxygens (including phenoxy) is 2. The molecular weight excluding hydrogens is 329 g/mol. The van der Waals surface area contributed by atoms with E-state index in [1.165, 1.54) is 38.5 Å². The summed E-state index contributed by atoms with van der Waals surface area (Å²) in [7, 11) is 2.84. The number of rotatable bonds is 6. The predicted molar refractivity (Wildman–Crippen MR) is 90.2 cm³/mol. The number of aliphatic hydroxyl groups excluding tert-OH is 1. The first kappa shape index (κ1) is 18.0. The number of amides is 1. The molecule has 0 aliphatic heterocycles. The van der Waals surface area contributed by atoms with E-state index in [2.05, 4.69) is 5.32 Å². The lowest BCUT2D eigenvalue weighted by Gasteiger charge is -2.10. The first-order valence-electron chi connectivity index (χ1n) is 7.19. The van der Waals surface area contributed by atoms with Crippen LogP contribution in [0.25, 0.3) is 5.76 Å². The minimum atomic E-state index is -1.08. The van der Waals surface area contributed by atoms with Crippen LogP contribution in [0.5, 0.6) is 11.5 Å². The van der Waals surface area contributed by atoms with Gasteiger partial charge in [0, 0.05) is 6.08 Å². The summed E-state index contributed by atoms with van der Waals surface area (Å²) in [5, 5.41) is 12.3. The summed E-state index contributed by atoms with van der Waals surface area (Å²) < 4.78 is 23.7. The van der Waals surface area contributed by atoms with Gasteiger partial charge in [0.25, 0.3) is 5.91 Å². The van der Waals surface area contributed by atoms with Gasteiger partial charge in [0.05, 0.1) is 25.5 Å². The molecule has 2 aromatic carbocycles. The minimum absolute atomic E-state index is 0.132. The van der Waals surface area contributed by atoms with Crippen LogP contribution in [-0.2, 0) is 9.59 Å². The van der Waals surface area contributed by atoms with Gasteiger partial charge in [0.1, 0.15) is 23.1 Å². The molecule has 0 saturated carbocycles. The molecule has 2 N–H and O–H groups in total. The fraction of sp³-hybridized carbons (Fsp3) is 0.111. The highest BCUT2D eigenvalue weighted by Crippen LogP contribution is 2.28. The Balaban J connectivity index is 2.22. The first-order valence-corrected chi connectivity index (χ1v) is 7.19. The van der Waals surface area contributed by atoms with E-state index >= 15 is 0 Å². The summed E-state index contributed by atoms with van der Waals surface area (Å²) in [5.41, 5.74) is 0.0431. The van der Waals surface area contributed by atoms with Crippen molar-refractivity contribution >= 4 is 23.1 Å². The van der Waals surface area contributed by atoms with Gasteiger partial charge in [0.15, 0.2) is 0 Å². The Morgan fingerprint density at radius 2 is 1.84 bits per heavy atom. The molecule has 7 heteroatoms. The minimum Gasteiger partial charge on any atom is -0.507 e. The van der Waals surface area contributed by atoms with E-state index in [9.17, 15) is 19.1 Å². The van der Waals surface area contributed by atoms with Gasteiger partial charge in [-0.1, -0.05) is 12.1 Å². The number of methoxy groups -OCH3 is 2. The second-order valence-corrected chi connectivity index (χ2v) is 4.89. The lowest BCUT2D eigenvalue weighted by Crippen LogP contribution is -2.21. The quantitative estimate of drug-likeness (QED) is 0.478. The van der Waals surface area contributed by atoms with Crippen LogP contribution >= 0.6 is 0 Å². The zero-order valence-corrected chi connectivity index (χ0v) is 13.6. The maximum absolute atomic E-state index is 13.5. The van der Waals surface area contributed by atoms with Crippen molar-refractivity contribution in [2.45, 2.75) is 0 Å². The number of halogens is 1. The molecule has 0 fully saturated rings. The van der Waals surface area contributed by atoms with E-state index < -0.39 is 23.3 Å². The van der Waals surface area contributed by atoms with Crippen LogP contribution in [0.4, 0.5) is 10.1 Å². The van der Waals surface area contributed by atoms with Crippen molar-refractivity contribution in [1.29, 1.82) is 0 Å². The summed E-state index contributed by atoms with van der Waals surface area (Å²) in [5.74, 6) is -2.57. The van der Waals surface area contributed by atoms with Gasteiger partial charge in [-0.15, -0.1) is 0 Å². The number of hydrogen-bond acceptors (Lipinski definition) is 5. The lowest BCUT2D eigenvalue weighted by atomic mass is 10.1. The van der Waals surface area contributed by atoms with Crippen molar-refractivity contribution in [2.75, 3.05) is 19.5 Å². The van der Waals surface area contributed by atoms with Crippen LogP contribution in [0, 0.1) is 5.82 Å². The summed E-state index contributed by atoms with van der Waals surface area (Å²) >= 11 is 0. The fourth-order valence-electron chi connectivity index (χ4n) is 2.03. The Kier molecular flexibility index (Phi) is 5.73. The van der Waals surface area contributed by atoms with Gasteiger partial charge in [0.2, 0.25) is 5.78 Å². The largest absolute Gasteiger partial charge is 0.507 e. The third kappa shape index (κ3) is 4.35. The van der Waals surface area contributed by atoms with Crippen LogP contribution in [0.2, 0.25) is 0 Å². The highest BCUT2D eigenvalue weighted by molar-refractivity contribution is 6.45. The summed E-state index contributed by atoms with van der Waals surface area (Å²) in [6.45, 7) is 0. The van der Waals surface area contributed by atoms with Gasteiger partial charge in [-0.05, 0) is 30.3 Å². The van der Waals surface area contributed by atoms with Crippen LogP contribution in [0.3, 0.4) is 0 Å². The van der Waals surface area contributed by atoms with Crippen molar-refractivity contribution in [2.24, 2.45) is 0 Å². The molecule has 0 radical (unpaired) electrons. The smallest absolute Gasteiger partial charge is 0.296 e. The maximum atomic E-state index is 13.5. The highest BCUT2D eigenvalue weighted by Gasteiger charge is 2.17. The molecular formula is C18H16FNO5. The van der Waals surface area contributed by atoms with Crippen LogP contribution in [0.1, 0.15) is 5.56 Å². The normalized spacial score (nSPS) is 10.9. The number of carbonyl (C=O) groups is 2. The monoisotopic (exact) mass is 345 g/mol. The number of carbonyl (C=O) groups excluding carboxylic acids is 2. The number of hydrogen-bond donors (Lipinski definition) is 2. The molecule has 0 bridgehead atoms. The SMILES string of the molecule is COc1ccc(OC)c(/C(O)=C/C(=O)C(=O)Nc2ccccc2F)c1. The average molecular weight is 345 g/mol. The van der Waals surface area contributed by atoms with E-state index in [1.54, 1.807) is 12.1 Å². The van der Waals surface area contributed by atoms with Crippen molar-refractivity contribution < 1.29 is 28.6 Å². The Labute approximate surface area is 143 Å². The highest BCUT2D eigenvalue weighted by atomic mass is 19.1. The Bertz CT molecular complexity index is 832. The molecule has 2 rings (SSSR count). The molecule has 0 aliphatic rings. The molecule has 0 unspecified atom stereocenters. The summed E-state index contributed by atoms with van der Waals surface area (Å²) in [6, 6.07) is 10.0.